The number of aryl methyl sites for hydroxylation is 1. The molecule has 0 saturated carbocycles. The van der Waals surface area contributed by atoms with E-state index in [1.54, 1.807) is 12.3 Å². The number of pyridine rings is 1. The Morgan fingerprint density at radius 2 is 2.10 bits per heavy atom. The fraction of sp³-hybridized carbons (Fsp3) is 0.0714. The number of aromatic hydroxyl groups is 1. The largest absolute Gasteiger partial charge is 0.507 e. The first-order chi connectivity index (χ1) is 9.65. The van der Waals surface area contributed by atoms with Crippen LogP contribution in [0.1, 0.15) is 5.56 Å². The molecule has 0 aliphatic heterocycles. The van der Waals surface area contributed by atoms with Gasteiger partial charge >= 0.3 is 0 Å². The lowest BCUT2D eigenvalue weighted by Crippen LogP contribution is -1.88. The van der Waals surface area contributed by atoms with Crippen molar-refractivity contribution in [1.29, 1.82) is 0 Å². The summed E-state index contributed by atoms with van der Waals surface area (Å²) in [6.07, 6.45) is 1.63. The summed E-state index contributed by atoms with van der Waals surface area (Å²) in [5.74, 6) is -0.722. The van der Waals surface area contributed by atoms with Crippen molar-refractivity contribution in [3.8, 4) is 28.7 Å². The summed E-state index contributed by atoms with van der Waals surface area (Å²) in [5.41, 5.74) is 1.41. The van der Waals surface area contributed by atoms with Gasteiger partial charge in [-0.1, -0.05) is 11.2 Å². The highest BCUT2D eigenvalue weighted by Crippen LogP contribution is 2.31. The molecule has 5 nitrogen and oxygen atoms in total. The fourth-order valence-corrected chi connectivity index (χ4v) is 1.81. The molecule has 0 bridgehead atoms. The van der Waals surface area contributed by atoms with Gasteiger partial charge in [0.2, 0.25) is 5.82 Å². The molecule has 100 valence electrons. The Labute approximate surface area is 113 Å². The van der Waals surface area contributed by atoms with E-state index in [1.165, 1.54) is 18.2 Å². The van der Waals surface area contributed by atoms with Crippen LogP contribution in [0.2, 0.25) is 0 Å². The van der Waals surface area contributed by atoms with Crippen molar-refractivity contribution in [3.63, 3.8) is 0 Å². The molecule has 3 aromatic rings. The number of nitrogens with zero attached hydrogens (tertiary/aromatic N) is 3. The zero-order valence-electron chi connectivity index (χ0n) is 10.5. The summed E-state index contributed by atoms with van der Waals surface area (Å²) in [6.45, 7) is 1.91. The number of rotatable bonds is 2. The van der Waals surface area contributed by atoms with Crippen LogP contribution in [0.5, 0.6) is 5.75 Å². The first-order valence-electron chi connectivity index (χ1n) is 5.90. The third-order valence-electron chi connectivity index (χ3n) is 2.78. The Hall–Kier alpha value is -2.76. The van der Waals surface area contributed by atoms with E-state index < -0.39 is 5.82 Å². The van der Waals surface area contributed by atoms with E-state index in [0.29, 0.717) is 5.69 Å². The van der Waals surface area contributed by atoms with Gasteiger partial charge < -0.3 is 9.63 Å². The summed E-state index contributed by atoms with van der Waals surface area (Å²) in [4.78, 5) is 8.19. The molecule has 2 heterocycles. The Morgan fingerprint density at radius 3 is 2.85 bits per heavy atom. The van der Waals surface area contributed by atoms with Crippen LogP contribution in [-0.4, -0.2) is 20.2 Å². The van der Waals surface area contributed by atoms with Crippen LogP contribution in [0.4, 0.5) is 4.39 Å². The van der Waals surface area contributed by atoms with E-state index in [0.717, 1.165) is 5.56 Å². The van der Waals surface area contributed by atoms with Crippen LogP contribution < -0.4 is 0 Å². The number of aromatic nitrogens is 3. The molecule has 0 aliphatic rings. The average molecular weight is 271 g/mol. The van der Waals surface area contributed by atoms with E-state index in [4.69, 9.17) is 4.52 Å². The van der Waals surface area contributed by atoms with Gasteiger partial charge in [0.05, 0.1) is 0 Å². The van der Waals surface area contributed by atoms with Gasteiger partial charge in [-0.15, -0.1) is 0 Å². The zero-order valence-corrected chi connectivity index (χ0v) is 10.5. The van der Waals surface area contributed by atoms with Gasteiger partial charge in [-0.05, 0) is 36.8 Å². The highest BCUT2D eigenvalue weighted by molar-refractivity contribution is 5.64. The summed E-state index contributed by atoms with van der Waals surface area (Å²) >= 11 is 0. The van der Waals surface area contributed by atoms with Gasteiger partial charge in [0.1, 0.15) is 22.8 Å². The number of hydrogen-bond acceptors (Lipinski definition) is 5. The summed E-state index contributed by atoms with van der Waals surface area (Å²) in [7, 11) is 0. The van der Waals surface area contributed by atoms with Crippen molar-refractivity contribution in [2.24, 2.45) is 0 Å². The first-order valence-corrected chi connectivity index (χ1v) is 5.90. The molecule has 0 aliphatic carbocycles. The molecule has 0 fully saturated rings. The molecule has 0 radical (unpaired) electrons. The molecule has 0 amide bonds. The maximum atomic E-state index is 13.7. The van der Waals surface area contributed by atoms with E-state index in [-0.39, 0.29) is 23.0 Å². The molecule has 0 atom stereocenters. The molecule has 3 rings (SSSR count). The smallest absolute Gasteiger partial charge is 0.265 e. The van der Waals surface area contributed by atoms with E-state index in [2.05, 4.69) is 15.1 Å². The van der Waals surface area contributed by atoms with E-state index in [9.17, 15) is 9.50 Å². The minimum atomic E-state index is -0.627. The molecule has 2 aromatic heterocycles. The van der Waals surface area contributed by atoms with Crippen molar-refractivity contribution in [2.45, 2.75) is 6.92 Å². The number of benzene rings is 1. The van der Waals surface area contributed by atoms with E-state index in [1.807, 2.05) is 13.0 Å². The summed E-state index contributed by atoms with van der Waals surface area (Å²) in [6, 6.07) is 7.59. The lowest BCUT2D eigenvalue weighted by molar-refractivity contribution is 0.421. The van der Waals surface area contributed by atoms with Crippen molar-refractivity contribution in [3.05, 3.63) is 47.9 Å². The van der Waals surface area contributed by atoms with Crippen LogP contribution in [-0.2, 0) is 0 Å². The standard InChI is InChI=1S/C14H10FN3O2/c1-8-5-6-16-10(7-8)13-17-14(20-18-13)12-9(15)3-2-4-11(12)19/h2-7,19H,1H3. The fourth-order valence-electron chi connectivity index (χ4n) is 1.81. The minimum absolute atomic E-state index is 0.0843. The van der Waals surface area contributed by atoms with Crippen LogP contribution in [0, 0.1) is 12.7 Å². The van der Waals surface area contributed by atoms with E-state index >= 15 is 0 Å². The number of hydrogen-bond donors (Lipinski definition) is 1. The van der Waals surface area contributed by atoms with Crippen LogP contribution in [0.3, 0.4) is 0 Å². The van der Waals surface area contributed by atoms with Crippen LogP contribution >= 0.6 is 0 Å². The normalized spacial score (nSPS) is 10.7. The molecule has 6 heteroatoms. The molecule has 1 aromatic carbocycles. The number of phenolic OH excluding ortho intramolecular Hbond substituents is 1. The molecule has 0 unspecified atom stereocenters. The number of halogens is 1. The Morgan fingerprint density at radius 1 is 1.25 bits per heavy atom. The van der Waals surface area contributed by atoms with Gasteiger partial charge in [-0.25, -0.2) is 4.39 Å². The molecule has 20 heavy (non-hydrogen) atoms. The second kappa shape index (κ2) is 4.73. The SMILES string of the molecule is Cc1ccnc(-c2noc(-c3c(O)cccc3F)n2)c1. The van der Waals surface area contributed by atoms with Crippen molar-refractivity contribution < 1.29 is 14.0 Å². The monoisotopic (exact) mass is 271 g/mol. The molecule has 1 N–H and O–H groups in total. The third kappa shape index (κ3) is 2.11. The quantitative estimate of drug-likeness (QED) is 0.775. The van der Waals surface area contributed by atoms with Gasteiger partial charge in [0.25, 0.3) is 5.89 Å². The van der Waals surface area contributed by atoms with Gasteiger partial charge in [-0.3, -0.25) is 4.98 Å². The van der Waals surface area contributed by atoms with Crippen LogP contribution in [0.25, 0.3) is 23.0 Å². The van der Waals surface area contributed by atoms with Gasteiger partial charge in [0.15, 0.2) is 0 Å². The highest BCUT2D eigenvalue weighted by atomic mass is 19.1. The van der Waals surface area contributed by atoms with Gasteiger partial charge in [0, 0.05) is 6.20 Å². The lowest BCUT2D eigenvalue weighted by Gasteiger charge is -1.99. The molecule has 0 saturated heterocycles. The van der Waals surface area contributed by atoms with Crippen molar-refractivity contribution in [2.75, 3.05) is 0 Å². The second-order valence-corrected chi connectivity index (χ2v) is 4.28. The molecular formula is C14H10FN3O2. The maximum Gasteiger partial charge on any atom is 0.265 e. The topological polar surface area (TPSA) is 72.0 Å². The summed E-state index contributed by atoms with van der Waals surface area (Å²) < 4.78 is 18.7. The Bertz CT molecular complexity index is 750. The predicted octanol–water partition coefficient (Wildman–Crippen LogP) is 2.95. The second-order valence-electron chi connectivity index (χ2n) is 4.28. The predicted molar refractivity (Wildman–Crippen MR) is 69.3 cm³/mol. The minimum Gasteiger partial charge on any atom is -0.507 e. The Kier molecular flexibility index (Phi) is 2.90. The van der Waals surface area contributed by atoms with Gasteiger partial charge in [-0.2, -0.15) is 4.98 Å². The van der Waals surface area contributed by atoms with Crippen molar-refractivity contribution in [1.82, 2.24) is 15.1 Å². The average Bonchev–Trinajstić information content (AvgIpc) is 2.88. The number of phenols is 1. The maximum absolute atomic E-state index is 13.7. The lowest BCUT2D eigenvalue weighted by atomic mass is 10.2. The first kappa shape index (κ1) is 12.3. The Balaban J connectivity index is 2.07. The zero-order chi connectivity index (χ0) is 14.1. The highest BCUT2D eigenvalue weighted by Gasteiger charge is 2.18. The molecular weight excluding hydrogens is 261 g/mol. The molecule has 0 spiro atoms. The summed E-state index contributed by atoms with van der Waals surface area (Å²) in [5, 5.41) is 13.4. The van der Waals surface area contributed by atoms with Crippen molar-refractivity contribution >= 4 is 0 Å². The third-order valence-corrected chi connectivity index (χ3v) is 2.78. The van der Waals surface area contributed by atoms with Crippen LogP contribution in [0.15, 0.2) is 41.1 Å².